The Hall–Kier alpha value is -1.68. The highest BCUT2D eigenvalue weighted by molar-refractivity contribution is 6.30. The first-order valence-corrected chi connectivity index (χ1v) is 4.34. The van der Waals surface area contributed by atoms with Crippen LogP contribution in [0.3, 0.4) is 0 Å². The summed E-state index contributed by atoms with van der Waals surface area (Å²) in [5.74, 6) is 0. The van der Waals surface area contributed by atoms with Crippen LogP contribution in [0.1, 0.15) is 5.56 Å². The summed E-state index contributed by atoms with van der Waals surface area (Å²) in [7, 11) is 0. The summed E-state index contributed by atoms with van der Waals surface area (Å²) in [6, 6.07) is 5.44. The minimum Gasteiger partial charge on any atom is -0.200 e. The second-order valence-corrected chi connectivity index (χ2v) is 3.10. The van der Waals surface area contributed by atoms with Crippen molar-refractivity contribution in [2.45, 2.75) is 0 Å². The van der Waals surface area contributed by atoms with Crippen LogP contribution in [0.15, 0.2) is 31.1 Å². The molecule has 0 amide bonds. The van der Waals surface area contributed by atoms with Crippen LogP contribution in [0, 0.1) is 0 Å². The van der Waals surface area contributed by atoms with Gasteiger partial charge < -0.3 is 0 Å². The summed E-state index contributed by atoms with van der Waals surface area (Å²) in [6.07, 6.45) is 3.24. The van der Waals surface area contributed by atoms with Crippen LogP contribution in [0.4, 0.5) is 0 Å². The fourth-order valence-electron chi connectivity index (χ4n) is 1.17. The van der Waals surface area contributed by atoms with Crippen LogP contribution in [-0.2, 0) is 0 Å². The Morgan fingerprint density at radius 3 is 2.93 bits per heavy atom. The van der Waals surface area contributed by atoms with E-state index in [-0.39, 0.29) is 0 Å². The van der Waals surface area contributed by atoms with Crippen LogP contribution in [0.25, 0.3) is 11.8 Å². The summed E-state index contributed by atoms with van der Waals surface area (Å²) >= 11 is 5.85. The fourth-order valence-corrected chi connectivity index (χ4v) is 1.35. The Kier molecular flexibility index (Phi) is 2.28. The lowest BCUT2D eigenvalue weighted by Gasteiger charge is -2.04. The molecule has 0 bridgehead atoms. The standard InChI is InChI=1S/C9H7ClN4/c1-2-7-5-8(10)3-4-9(7)14-6-11-12-13-14/h2-6H,1H2. The molecule has 70 valence electrons. The molecule has 0 fully saturated rings. The van der Waals surface area contributed by atoms with Crippen molar-refractivity contribution < 1.29 is 0 Å². The average molecular weight is 207 g/mol. The van der Waals surface area contributed by atoms with Gasteiger partial charge in [-0.2, -0.15) is 4.68 Å². The maximum Gasteiger partial charge on any atom is 0.143 e. The number of halogens is 1. The largest absolute Gasteiger partial charge is 0.200 e. The first-order chi connectivity index (χ1) is 6.81. The molecule has 1 heterocycles. The van der Waals surface area contributed by atoms with Gasteiger partial charge in [0.05, 0.1) is 5.69 Å². The molecule has 2 aromatic rings. The molecule has 14 heavy (non-hydrogen) atoms. The van der Waals surface area contributed by atoms with Crippen molar-refractivity contribution in [2.24, 2.45) is 0 Å². The van der Waals surface area contributed by atoms with Crippen molar-refractivity contribution in [1.82, 2.24) is 20.2 Å². The zero-order valence-electron chi connectivity index (χ0n) is 7.26. The normalized spacial score (nSPS) is 10.1. The lowest BCUT2D eigenvalue weighted by molar-refractivity contribution is 0.788. The van der Waals surface area contributed by atoms with Gasteiger partial charge >= 0.3 is 0 Å². The predicted molar refractivity (Wildman–Crippen MR) is 54.3 cm³/mol. The number of hydrogen-bond donors (Lipinski definition) is 0. The van der Waals surface area contributed by atoms with Crippen molar-refractivity contribution in [3.05, 3.63) is 41.7 Å². The second-order valence-electron chi connectivity index (χ2n) is 2.66. The van der Waals surface area contributed by atoms with Gasteiger partial charge in [0.1, 0.15) is 6.33 Å². The van der Waals surface area contributed by atoms with E-state index in [1.165, 1.54) is 6.33 Å². The molecule has 0 aliphatic heterocycles. The van der Waals surface area contributed by atoms with Crippen LogP contribution in [0.2, 0.25) is 5.02 Å². The number of nitrogens with zero attached hydrogens (tertiary/aromatic N) is 4. The van der Waals surface area contributed by atoms with E-state index in [4.69, 9.17) is 11.6 Å². The number of rotatable bonds is 2. The summed E-state index contributed by atoms with van der Waals surface area (Å²) in [4.78, 5) is 0. The molecule has 0 aliphatic carbocycles. The van der Waals surface area contributed by atoms with Crippen molar-refractivity contribution in [1.29, 1.82) is 0 Å². The number of benzene rings is 1. The molecule has 0 saturated carbocycles. The average Bonchev–Trinajstić information content (AvgIpc) is 2.70. The Bertz CT molecular complexity index is 450. The molecule has 0 saturated heterocycles. The summed E-state index contributed by atoms with van der Waals surface area (Å²) < 4.78 is 1.56. The highest BCUT2D eigenvalue weighted by Gasteiger charge is 2.03. The first kappa shape index (κ1) is 8.90. The van der Waals surface area contributed by atoms with E-state index in [1.807, 2.05) is 12.1 Å². The van der Waals surface area contributed by atoms with Crippen molar-refractivity contribution in [2.75, 3.05) is 0 Å². The third-order valence-corrected chi connectivity index (χ3v) is 2.04. The predicted octanol–water partition coefficient (Wildman–Crippen LogP) is 1.96. The van der Waals surface area contributed by atoms with Crippen LogP contribution >= 0.6 is 11.6 Å². The third kappa shape index (κ3) is 1.52. The van der Waals surface area contributed by atoms with Crippen molar-refractivity contribution in [3.8, 4) is 5.69 Å². The summed E-state index contributed by atoms with van der Waals surface area (Å²) in [5.41, 5.74) is 1.75. The van der Waals surface area contributed by atoms with Gasteiger partial charge in [0.2, 0.25) is 0 Å². The molecule has 4 nitrogen and oxygen atoms in total. The lowest BCUT2D eigenvalue weighted by Crippen LogP contribution is -1.97. The highest BCUT2D eigenvalue weighted by atomic mass is 35.5. The second kappa shape index (κ2) is 3.59. The van der Waals surface area contributed by atoms with E-state index in [2.05, 4.69) is 22.1 Å². The Morgan fingerprint density at radius 1 is 1.43 bits per heavy atom. The maximum absolute atomic E-state index is 5.85. The molecule has 0 spiro atoms. The smallest absolute Gasteiger partial charge is 0.143 e. The van der Waals surface area contributed by atoms with E-state index >= 15 is 0 Å². The maximum atomic E-state index is 5.85. The molecule has 0 N–H and O–H groups in total. The van der Waals surface area contributed by atoms with E-state index in [0.29, 0.717) is 5.02 Å². The first-order valence-electron chi connectivity index (χ1n) is 3.96. The summed E-state index contributed by atoms with van der Waals surface area (Å²) in [5, 5.41) is 11.6. The quantitative estimate of drug-likeness (QED) is 0.755. The molecule has 0 atom stereocenters. The molecule has 0 unspecified atom stereocenters. The van der Waals surface area contributed by atoms with Gasteiger partial charge in [-0.1, -0.05) is 24.3 Å². The molecule has 2 rings (SSSR count). The van der Waals surface area contributed by atoms with E-state index in [0.717, 1.165) is 11.3 Å². The minimum absolute atomic E-state index is 0.664. The highest BCUT2D eigenvalue weighted by Crippen LogP contribution is 2.19. The Morgan fingerprint density at radius 2 is 2.29 bits per heavy atom. The monoisotopic (exact) mass is 206 g/mol. The zero-order chi connectivity index (χ0) is 9.97. The van der Waals surface area contributed by atoms with Crippen molar-refractivity contribution in [3.63, 3.8) is 0 Å². The molecular formula is C9H7ClN4. The van der Waals surface area contributed by atoms with Gasteiger partial charge in [0, 0.05) is 10.6 Å². The molecule has 5 heteroatoms. The Labute approximate surface area is 85.8 Å². The lowest BCUT2D eigenvalue weighted by atomic mass is 10.2. The van der Waals surface area contributed by atoms with E-state index in [1.54, 1.807) is 16.8 Å². The van der Waals surface area contributed by atoms with Gasteiger partial charge in [-0.15, -0.1) is 5.10 Å². The van der Waals surface area contributed by atoms with Gasteiger partial charge in [0.25, 0.3) is 0 Å². The number of hydrogen-bond acceptors (Lipinski definition) is 3. The van der Waals surface area contributed by atoms with Crippen molar-refractivity contribution >= 4 is 17.7 Å². The van der Waals surface area contributed by atoms with E-state index < -0.39 is 0 Å². The Balaban J connectivity index is 2.58. The van der Waals surface area contributed by atoms with Crippen LogP contribution < -0.4 is 0 Å². The van der Waals surface area contributed by atoms with Gasteiger partial charge in [-0.05, 0) is 28.6 Å². The minimum atomic E-state index is 0.664. The molecular weight excluding hydrogens is 200 g/mol. The van der Waals surface area contributed by atoms with E-state index in [9.17, 15) is 0 Å². The molecule has 1 aromatic carbocycles. The fraction of sp³-hybridized carbons (Fsp3) is 0. The van der Waals surface area contributed by atoms with Gasteiger partial charge in [-0.25, -0.2) is 0 Å². The third-order valence-electron chi connectivity index (χ3n) is 1.81. The number of aromatic nitrogens is 4. The van der Waals surface area contributed by atoms with Crippen LogP contribution in [0.5, 0.6) is 0 Å². The topological polar surface area (TPSA) is 43.6 Å². The molecule has 0 aliphatic rings. The zero-order valence-corrected chi connectivity index (χ0v) is 8.02. The molecule has 1 aromatic heterocycles. The molecule has 0 radical (unpaired) electrons. The summed E-state index contributed by atoms with van der Waals surface area (Å²) in [6.45, 7) is 3.70. The SMILES string of the molecule is C=Cc1cc(Cl)ccc1-n1cnnn1. The number of tetrazole rings is 1. The van der Waals surface area contributed by atoms with Gasteiger partial charge in [0.15, 0.2) is 0 Å². The van der Waals surface area contributed by atoms with Crippen LogP contribution in [-0.4, -0.2) is 20.2 Å². The van der Waals surface area contributed by atoms with Gasteiger partial charge in [-0.3, -0.25) is 0 Å².